The number of carboxylic acids is 1. The fourth-order valence-corrected chi connectivity index (χ4v) is 2.24. The first-order valence-corrected chi connectivity index (χ1v) is 5.99. The van der Waals surface area contributed by atoms with E-state index in [1.54, 1.807) is 10.8 Å². The summed E-state index contributed by atoms with van der Waals surface area (Å²) >= 11 is 0. The second-order valence-corrected chi connectivity index (χ2v) is 5.26. The van der Waals surface area contributed by atoms with Crippen LogP contribution in [0, 0.1) is 0 Å². The molecule has 1 saturated heterocycles. The standard InChI is InChI=1S/C13H17NO4/c1-13(2)5-3-9(18-13)7-14-6-4-11(15)10(8-14)12(16)17/h4,6,8-9H,3,5,7H2,1-2H3,(H,16,17). The minimum Gasteiger partial charge on any atom is -0.477 e. The van der Waals surface area contributed by atoms with Crippen LogP contribution < -0.4 is 5.43 Å². The monoisotopic (exact) mass is 251 g/mol. The van der Waals surface area contributed by atoms with Crippen molar-refractivity contribution in [2.24, 2.45) is 0 Å². The van der Waals surface area contributed by atoms with Crippen molar-refractivity contribution < 1.29 is 14.6 Å². The van der Waals surface area contributed by atoms with E-state index >= 15 is 0 Å². The highest BCUT2D eigenvalue weighted by atomic mass is 16.5. The lowest BCUT2D eigenvalue weighted by Crippen LogP contribution is -2.24. The first kappa shape index (κ1) is 12.8. The van der Waals surface area contributed by atoms with E-state index in [9.17, 15) is 9.59 Å². The zero-order chi connectivity index (χ0) is 13.3. The first-order valence-electron chi connectivity index (χ1n) is 5.99. The molecular weight excluding hydrogens is 234 g/mol. The number of rotatable bonds is 3. The number of ether oxygens (including phenoxy) is 1. The van der Waals surface area contributed by atoms with Gasteiger partial charge in [0.2, 0.25) is 0 Å². The largest absolute Gasteiger partial charge is 0.477 e. The zero-order valence-corrected chi connectivity index (χ0v) is 10.5. The lowest BCUT2D eigenvalue weighted by atomic mass is 10.1. The van der Waals surface area contributed by atoms with Gasteiger partial charge in [-0.3, -0.25) is 4.79 Å². The van der Waals surface area contributed by atoms with Gasteiger partial charge in [-0.15, -0.1) is 0 Å². The number of pyridine rings is 1. The van der Waals surface area contributed by atoms with Crippen molar-refractivity contribution in [3.8, 4) is 0 Å². The molecule has 18 heavy (non-hydrogen) atoms. The normalized spacial score (nSPS) is 22.0. The van der Waals surface area contributed by atoms with E-state index in [2.05, 4.69) is 0 Å². The van der Waals surface area contributed by atoms with Crippen molar-refractivity contribution in [1.29, 1.82) is 0 Å². The molecule has 1 fully saturated rings. The summed E-state index contributed by atoms with van der Waals surface area (Å²) in [5.41, 5.74) is -0.777. The van der Waals surface area contributed by atoms with E-state index in [0.29, 0.717) is 6.54 Å². The minimum absolute atomic E-state index is 0.0733. The van der Waals surface area contributed by atoms with Gasteiger partial charge < -0.3 is 14.4 Å². The molecule has 1 aromatic heterocycles. The lowest BCUT2D eigenvalue weighted by molar-refractivity contribution is -0.0217. The van der Waals surface area contributed by atoms with Crippen molar-refractivity contribution >= 4 is 5.97 Å². The number of aromatic nitrogens is 1. The topological polar surface area (TPSA) is 68.5 Å². The van der Waals surface area contributed by atoms with Crippen LogP contribution in [0.2, 0.25) is 0 Å². The number of nitrogens with zero attached hydrogens (tertiary/aromatic N) is 1. The number of aromatic carboxylic acids is 1. The molecule has 1 aliphatic rings. The van der Waals surface area contributed by atoms with E-state index in [1.807, 2.05) is 13.8 Å². The SMILES string of the molecule is CC1(C)CCC(Cn2ccc(=O)c(C(=O)O)c2)O1. The lowest BCUT2D eigenvalue weighted by Gasteiger charge is -2.20. The Hall–Kier alpha value is -1.62. The summed E-state index contributed by atoms with van der Waals surface area (Å²) < 4.78 is 7.54. The molecule has 1 N–H and O–H groups in total. The van der Waals surface area contributed by atoms with E-state index in [-0.39, 0.29) is 17.3 Å². The Labute approximate surface area is 105 Å². The molecule has 0 amide bonds. The Morgan fingerprint density at radius 3 is 2.89 bits per heavy atom. The molecular formula is C13H17NO4. The predicted octanol–water partition coefficient (Wildman–Crippen LogP) is 1.50. The van der Waals surface area contributed by atoms with Crippen molar-refractivity contribution in [1.82, 2.24) is 4.57 Å². The first-order chi connectivity index (χ1) is 8.37. The van der Waals surface area contributed by atoms with Gasteiger partial charge in [-0.1, -0.05) is 0 Å². The van der Waals surface area contributed by atoms with Crippen LogP contribution in [0.25, 0.3) is 0 Å². The molecule has 1 atom stereocenters. The summed E-state index contributed by atoms with van der Waals surface area (Å²) in [6, 6.07) is 1.28. The molecule has 0 aliphatic carbocycles. The Balaban J connectivity index is 2.13. The molecule has 5 nitrogen and oxygen atoms in total. The third-order valence-corrected chi connectivity index (χ3v) is 3.18. The van der Waals surface area contributed by atoms with Crippen molar-refractivity contribution in [3.05, 3.63) is 34.2 Å². The van der Waals surface area contributed by atoms with Crippen LogP contribution in [0.15, 0.2) is 23.3 Å². The number of carboxylic acid groups (broad SMARTS) is 1. The fraction of sp³-hybridized carbons (Fsp3) is 0.538. The van der Waals surface area contributed by atoms with E-state index in [0.717, 1.165) is 12.8 Å². The van der Waals surface area contributed by atoms with Crippen LogP contribution in [-0.2, 0) is 11.3 Å². The molecule has 1 unspecified atom stereocenters. The summed E-state index contributed by atoms with van der Waals surface area (Å²) in [7, 11) is 0. The van der Waals surface area contributed by atoms with E-state index < -0.39 is 11.4 Å². The second kappa shape index (κ2) is 4.57. The molecule has 5 heteroatoms. The third kappa shape index (κ3) is 2.79. The van der Waals surface area contributed by atoms with E-state index in [4.69, 9.17) is 9.84 Å². The zero-order valence-electron chi connectivity index (χ0n) is 10.5. The van der Waals surface area contributed by atoms with Crippen LogP contribution in [0.3, 0.4) is 0 Å². The van der Waals surface area contributed by atoms with Crippen LogP contribution in [0.1, 0.15) is 37.0 Å². The number of hydrogen-bond donors (Lipinski definition) is 1. The molecule has 0 radical (unpaired) electrons. The smallest absolute Gasteiger partial charge is 0.341 e. The number of hydrogen-bond acceptors (Lipinski definition) is 3. The molecule has 1 aromatic rings. The molecule has 0 saturated carbocycles. The number of carbonyl (C=O) groups is 1. The summed E-state index contributed by atoms with van der Waals surface area (Å²) in [5, 5.41) is 8.89. The summed E-state index contributed by atoms with van der Waals surface area (Å²) in [6.45, 7) is 4.66. The third-order valence-electron chi connectivity index (χ3n) is 3.18. The second-order valence-electron chi connectivity index (χ2n) is 5.26. The van der Waals surface area contributed by atoms with Gasteiger partial charge in [0.1, 0.15) is 5.56 Å². The Bertz CT molecular complexity index is 518. The predicted molar refractivity (Wildman–Crippen MR) is 65.8 cm³/mol. The van der Waals surface area contributed by atoms with Gasteiger partial charge in [0.05, 0.1) is 11.7 Å². The highest BCUT2D eigenvalue weighted by molar-refractivity contribution is 5.86. The van der Waals surface area contributed by atoms with Crippen LogP contribution in [-0.4, -0.2) is 27.3 Å². The maximum atomic E-state index is 11.3. The highest BCUT2D eigenvalue weighted by Gasteiger charge is 2.31. The van der Waals surface area contributed by atoms with Gasteiger partial charge in [0.25, 0.3) is 0 Å². The van der Waals surface area contributed by atoms with Crippen LogP contribution in [0.4, 0.5) is 0 Å². The van der Waals surface area contributed by atoms with E-state index in [1.165, 1.54) is 12.3 Å². The highest BCUT2D eigenvalue weighted by Crippen LogP contribution is 2.29. The van der Waals surface area contributed by atoms with Gasteiger partial charge in [0, 0.05) is 25.0 Å². The average molecular weight is 251 g/mol. The molecule has 2 rings (SSSR count). The Morgan fingerprint density at radius 2 is 2.33 bits per heavy atom. The van der Waals surface area contributed by atoms with Crippen LogP contribution >= 0.6 is 0 Å². The minimum atomic E-state index is -1.19. The average Bonchev–Trinajstić information content (AvgIpc) is 2.60. The molecule has 0 spiro atoms. The fourth-order valence-electron chi connectivity index (χ4n) is 2.24. The van der Waals surface area contributed by atoms with Gasteiger partial charge in [-0.2, -0.15) is 0 Å². The molecule has 2 heterocycles. The molecule has 1 aliphatic heterocycles. The van der Waals surface area contributed by atoms with Gasteiger partial charge in [-0.25, -0.2) is 4.79 Å². The Kier molecular flexibility index (Phi) is 3.26. The molecule has 0 bridgehead atoms. The van der Waals surface area contributed by atoms with Crippen molar-refractivity contribution in [3.63, 3.8) is 0 Å². The van der Waals surface area contributed by atoms with Gasteiger partial charge in [-0.05, 0) is 26.7 Å². The van der Waals surface area contributed by atoms with Crippen molar-refractivity contribution in [2.45, 2.75) is 44.9 Å². The maximum absolute atomic E-state index is 11.3. The Morgan fingerprint density at radius 1 is 1.61 bits per heavy atom. The van der Waals surface area contributed by atoms with Crippen LogP contribution in [0.5, 0.6) is 0 Å². The maximum Gasteiger partial charge on any atom is 0.341 e. The van der Waals surface area contributed by atoms with Gasteiger partial charge >= 0.3 is 5.97 Å². The molecule has 0 aromatic carbocycles. The van der Waals surface area contributed by atoms with Gasteiger partial charge in [0.15, 0.2) is 5.43 Å². The summed E-state index contributed by atoms with van der Waals surface area (Å²) in [4.78, 5) is 22.2. The summed E-state index contributed by atoms with van der Waals surface area (Å²) in [6.07, 6.45) is 4.98. The molecule has 98 valence electrons. The summed E-state index contributed by atoms with van der Waals surface area (Å²) in [5.74, 6) is -1.19. The van der Waals surface area contributed by atoms with Crippen molar-refractivity contribution in [2.75, 3.05) is 0 Å². The quantitative estimate of drug-likeness (QED) is 0.884.